The summed E-state index contributed by atoms with van der Waals surface area (Å²) in [6, 6.07) is 14.7. The number of hydrogen-bond acceptors (Lipinski definition) is 6. The van der Waals surface area contributed by atoms with E-state index in [-0.39, 0.29) is 11.6 Å². The van der Waals surface area contributed by atoms with Crippen LogP contribution in [0.4, 0.5) is 5.69 Å². The number of benzene rings is 2. The molecule has 0 saturated heterocycles. The van der Waals surface area contributed by atoms with E-state index < -0.39 is 4.92 Å². The SMILES string of the molecule is CCCOc1ccc(C(=O)N/N=C\c2ccc(-c3cc([N+](=O)[O-])ccc3C)o2)cc1. The number of ether oxygens (including phenoxy) is 1. The third-order valence-corrected chi connectivity index (χ3v) is 4.27. The average molecular weight is 407 g/mol. The maximum Gasteiger partial charge on any atom is 0.271 e. The minimum absolute atomic E-state index is 0.0133. The predicted octanol–water partition coefficient (Wildman–Crippen LogP) is 4.72. The maximum absolute atomic E-state index is 12.2. The van der Waals surface area contributed by atoms with Gasteiger partial charge in [-0.2, -0.15) is 5.10 Å². The largest absolute Gasteiger partial charge is 0.494 e. The molecule has 1 heterocycles. The van der Waals surface area contributed by atoms with Crippen LogP contribution in [0, 0.1) is 17.0 Å². The monoisotopic (exact) mass is 407 g/mol. The van der Waals surface area contributed by atoms with Crippen LogP contribution in [0.5, 0.6) is 5.75 Å². The minimum atomic E-state index is -0.452. The standard InChI is InChI=1S/C22H21N3O5/c1-3-12-29-18-8-5-16(6-9-18)22(26)24-23-14-19-10-11-21(30-19)20-13-17(25(27)28)7-4-15(20)2/h4-11,13-14H,3,12H2,1-2H3,(H,24,26)/b23-14-. The number of nitro groups is 1. The molecule has 3 rings (SSSR count). The summed E-state index contributed by atoms with van der Waals surface area (Å²) in [6.07, 6.45) is 2.28. The van der Waals surface area contributed by atoms with Crippen LogP contribution in [-0.2, 0) is 0 Å². The van der Waals surface area contributed by atoms with Crippen molar-refractivity contribution in [2.75, 3.05) is 6.61 Å². The summed E-state index contributed by atoms with van der Waals surface area (Å²) < 4.78 is 11.2. The van der Waals surface area contributed by atoms with Crippen molar-refractivity contribution in [1.82, 2.24) is 5.43 Å². The third-order valence-electron chi connectivity index (χ3n) is 4.27. The van der Waals surface area contributed by atoms with Crippen molar-refractivity contribution < 1.29 is 18.9 Å². The molecule has 1 N–H and O–H groups in total. The molecule has 0 aliphatic carbocycles. The van der Waals surface area contributed by atoms with Gasteiger partial charge in [-0.25, -0.2) is 5.43 Å². The topological polar surface area (TPSA) is 107 Å². The normalized spacial score (nSPS) is 10.9. The highest BCUT2D eigenvalue weighted by Gasteiger charge is 2.13. The molecule has 0 bridgehead atoms. The summed E-state index contributed by atoms with van der Waals surface area (Å²) in [5.41, 5.74) is 4.34. The number of nitro benzene ring substituents is 1. The summed E-state index contributed by atoms with van der Waals surface area (Å²) in [5.74, 6) is 1.22. The van der Waals surface area contributed by atoms with E-state index in [0.717, 1.165) is 12.0 Å². The van der Waals surface area contributed by atoms with Crippen molar-refractivity contribution in [3.05, 3.63) is 81.6 Å². The Balaban J connectivity index is 1.64. The number of nitrogens with zero attached hydrogens (tertiary/aromatic N) is 2. The van der Waals surface area contributed by atoms with Crippen LogP contribution in [0.25, 0.3) is 11.3 Å². The third kappa shape index (κ3) is 5.11. The molecule has 0 aliphatic rings. The number of hydrogen-bond donors (Lipinski definition) is 1. The summed E-state index contributed by atoms with van der Waals surface area (Å²) in [7, 11) is 0. The van der Waals surface area contributed by atoms with Crippen LogP contribution in [0.3, 0.4) is 0 Å². The smallest absolute Gasteiger partial charge is 0.271 e. The van der Waals surface area contributed by atoms with E-state index in [2.05, 4.69) is 10.5 Å². The molecule has 3 aromatic rings. The number of carbonyl (C=O) groups excluding carboxylic acids is 1. The summed E-state index contributed by atoms with van der Waals surface area (Å²) >= 11 is 0. The van der Waals surface area contributed by atoms with Gasteiger partial charge in [-0.15, -0.1) is 0 Å². The minimum Gasteiger partial charge on any atom is -0.494 e. The molecule has 0 aliphatic heterocycles. The zero-order chi connectivity index (χ0) is 21.5. The number of hydrazone groups is 1. The number of aryl methyl sites for hydroxylation is 1. The Hall–Kier alpha value is -3.94. The van der Waals surface area contributed by atoms with Gasteiger partial charge in [0.2, 0.25) is 0 Å². The van der Waals surface area contributed by atoms with Gasteiger partial charge in [-0.3, -0.25) is 14.9 Å². The first kappa shape index (κ1) is 20.8. The number of rotatable bonds is 8. The fraction of sp³-hybridized carbons (Fsp3) is 0.182. The zero-order valence-electron chi connectivity index (χ0n) is 16.6. The van der Waals surface area contributed by atoms with Gasteiger partial charge in [0.05, 0.1) is 17.7 Å². The van der Waals surface area contributed by atoms with E-state index in [9.17, 15) is 14.9 Å². The summed E-state index contributed by atoms with van der Waals surface area (Å²) in [4.78, 5) is 22.7. The van der Waals surface area contributed by atoms with E-state index in [4.69, 9.17) is 9.15 Å². The van der Waals surface area contributed by atoms with Crippen LogP contribution in [0.2, 0.25) is 0 Å². The fourth-order valence-electron chi connectivity index (χ4n) is 2.70. The quantitative estimate of drug-likeness (QED) is 0.330. The molecule has 8 nitrogen and oxygen atoms in total. The van der Waals surface area contributed by atoms with Crippen LogP contribution in [-0.4, -0.2) is 23.7 Å². The molecule has 30 heavy (non-hydrogen) atoms. The van der Waals surface area contributed by atoms with Crippen molar-refractivity contribution in [3.63, 3.8) is 0 Å². The lowest BCUT2D eigenvalue weighted by Gasteiger charge is -2.05. The zero-order valence-corrected chi connectivity index (χ0v) is 16.6. The van der Waals surface area contributed by atoms with Gasteiger partial charge in [0.25, 0.3) is 11.6 Å². The predicted molar refractivity (Wildman–Crippen MR) is 113 cm³/mol. The summed E-state index contributed by atoms with van der Waals surface area (Å²) in [5, 5.41) is 14.9. The molecule has 0 unspecified atom stereocenters. The Morgan fingerprint density at radius 2 is 1.97 bits per heavy atom. The number of non-ortho nitro benzene ring substituents is 1. The first-order valence-electron chi connectivity index (χ1n) is 9.39. The van der Waals surface area contributed by atoms with Crippen molar-refractivity contribution in [1.29, 1.82) is 0 Å². The van der Waals surface area contributed by atoms with Gasteiger partial charge in [0.15, 0.2) is 0 Å². The van der Waals surface area contributed by atoms with Crippen molar-refractivity contribution >= 4 is 17.8 Å². The Bertz CT molecular complexity index is 1070. The lowest BCUT2D eigenvalue weighted by molar-refractivity contribution is -0.384. The molecule has 0 spiro atoms. The molecular formula is C22H21N3O5. The first-order valence-corrected chi connectivity index (χ1v) is 9.39. The van der Waals surface area contributed by atoms with Crippen LogP contribution in [0.1, 0.15) is 35.0 Å². The maximum atomic E-state index is 12.2. The second kappa shape index (κ2) is 9.51. The van der Waals surface area contributed by atoms with Gasteiger partial charge >= 0.3 is 0 Å². The molecule has 1 amide bonds. The van der Waals surface area contributed by atoms with E-state index in [1.165, 1.54) is 18.3 Å². The lowest BCUT2D eigenvalue weighted by Crippen LogP contribution is -2.17. The second-order valence-electron chi connectivity index (χ2n) is 6.53. The molecule has 1 aromatic heterocycles. The van der Waals surface area contributed by atoms with Crippen molar-refractivity contribution in [3.8, 4) is 17.1 Å². The van der Waals surface area contributed by atoms with E-state index in [1.807, 2.05) is 13.8 Å². The Morgan fingerprint density at radius 3 is 2.67 bits per heavy atom. The van der Waals surface area contributed by atoms with Crippen molar-refractivity contribution in [2.45, 2.75) is 20.3 Å². The van der Waals surface area contributed by atoms with Crippen molar-refractivity contribution in [2.24, 2.45) is 5.10 Å². The fourth-order valence-corrected chi connectivity index (χ4v) is 2.70. The van der Waals surface area contributed by atoms with E-state index in [1.54, 1.807) is 42.5 Å². The molecular weight excluding hydrogens is 386 g/mol. The summed E-state index contributed by atoms with van der Waals surface area (Å²) in [6.45, 7) is 4.48. The van der Waals surface area contributed by atoms with Gasteiger partial charge in [-0.05, 0) is 55.3 Å². The van der Waals surface area contributed by atoms with Crippen LogP contribution >= 0.6 is 0 Å². The van der Waals surface area contributed by atoms with E-state index in [0.29, 0.717) is 35.0 Å². The number of nitrogens with one attached hydrogen (secondary N) is 1. The van der Waals surface area contributed by atoms with Gasteiger partial charge in [-0.1, -0.05) is 13.0 Å². The molecule has 0 radical (unpaired) electrons. The highest BCUT2D eigenvalue weighted by molar-refractivity contribution is 5.94. The number of carbonyl (C=O) groups is 1. The van der Waals surface area contributed by atoms with Gasteiger partial charge in [0, 0.05) is 23.3 Å². The van der Waals surface area contributed by atoms with Crippen LogP contribution < -0.4 is 10.2 Å². The molecule has 0 saturated carbocycles. The number of furan rings is 1. The Kier molecular flexibility index (Phi) is 6.59. The van der Waals surface area contributed by atoms with E-state index >= 15 is 0 Å². The van der Waals surface area contributed by atoms with Crippen LogP contribution in [0.15, 0.2) is 64.1 Å². The molecule has 0 atom stereocenters. The highest BCUT2D eigenvalue weighted by atomic mass is 16.6. The second-order valence-corrected chi connectivity index (χ2v) is 6.53. The molecule has 0 fully saturated rings. The molecule has 154 valence electrons. The van der Waals surface area contributed by atoms with Gasteiger partial charge in [0.1, 0.15) is 17.3 Å². The molecule has 2 aromatic carbocycles. The van der Waals surface area contributed by atoms with Gasteiger partial charge < -0.3 is 9.15 Å². The Labute approximate surface area is 173 Å². The Morgan fingerprint density at radius 1 is 1.20 bits per heavy atom. The lowest BCUT2D eigenvalue weighted by atomic mass is 10.1. The first-order chi connectivity index (χ1) is 14.5. The number of amides is 1. The highest BCUT2D eigenvalue weighted by Crippen LogP contribution is 2.28. The average Bonchev–Trinajstić information content (AvgIpc) is 3.21. The molecule has 8 heteroatoms.